The molecular formula is C13H22ClN5. The van der Waals surface area contributed by atoms with Crippen LogP contribution < -0.4 is 5.32 Å². The van der Waals surface area contributed by atoms with E-state index >= 15 is 0 Å². The Labute approximate surface area is 120 Å². The number of halogens is 1. The van der Waals surface area contributed by atoms with Gasteiger partial charge in [0.2, 0.25) is 0 Å². The molecule has 0 spiro atoms. The van der Waals surface area contributed by atoms with Gasteiger partial charge in [0.25, 0.3) is 0 Å². The molecule has 1 N–H and O–H groups in total. The van der Waals surface area contributed by atoms with Crippen molar-refractivity contribution in [1.29, 1.82) is 0 Å². The lowest BCUT2D eigenvalue weighted by Gasteiger charge is -2.00. The highest BCUT2D eigenvalue weighted by Gasteiger charge is 2.00. The van der Waals surface area contributed by atoms with E-state index in [0.717, 1.165) is 38.3 Å². The second kappa shape index (κ2) is 7.96. The Balaban J connectivity index is 0.00000180. The van der Waals surface area contributed by atoms with Crippen LogP contribution in [0.4, 0.5) is 0 Å². The molecule has 0 saturated heterocycles. The van der Waals surface area contributed by atoms with Gasteiger partial charge in [0.15, 0.2) is 0 Å². The lowest BCUT2D eigenvalue weighted by Crippen LogP contribution is -2.13. The number of aromatic nitrogens is 4. The number of hydrogen-bond acceptors (Lipinski definition) is 3. The van der Waals surface area contributed by atoms with Crippen molar-refractivity contribution in [1.82, 2.24) is 24.9 Å². The van der Waals surface area contributed by atoms with Crippen LogP contribution >= 0.6 is 12.4 Å². The van der Waals surface area contributed by atoms with Gasteiger partial charge < -0.3 is 5.32 Å². The zero-order chi connectivity index (χ0) is 12.8. The molecule has 0 aliphatic carbocycles. The molecule has 2 rings (SSSR count). The molecule has 0 bridgehead atoms. The van der Waals surface area contributed by atoms with E-state index in [0.29, 0.717) is 0 Å². The molecule has 0 radical (unpaired) electrons. The maximum atomic E-state index is 4.43. The highest BCUT2D eigenvalue weighted by atomic mass is 35.5. The van der Waals surface area contributed by atoms with Gasteiger partial charge in [0, 0.05) is 44.1 Å². The summed E-state index contributed by atoms with van der Waals surface area (Å²) in [6, 6.07) is 2.05. The summed E-state index contributed by atoms with van der Waals surface area (Å²) >= 11 is 0. The summed E-state index contributed by atoms with van der Waals surface area (Å²) in [4.78, 5) is 0. The van der Waals surface area contributed by atoms with E-state index in [2.05, 4.69) is 41.6 Å². The van der Waals surface area contributed by atoms with Crippen LogP contribution in [-0.4, -0.2) is 19.6 Å². The molecule has 2 aromatic heterocycles. The van der Waals surface area contributed by atoms with Gasteiger partial charge in [-0.15, -0.1) is 12.4 Å². The van der Waals surface area contributed by atoms with Crippen LogP contribution in [0.5, 0.6) is 0 Å². The molecular weight excluding hydrogens is 262 g/mol. The molecule has 2 heterocycles. The zero-order valence-electron chi connectivity index (χ0n) is 11.5. The first-order chi connectivity index (χ1) is 8.81. The number of nitrogens with zero attached hydrogens (tertiary/aromatic N) is 4. The quantitative estimate of drug-likeness (QED) is 0.848. The minimum absolute atomic E-state index is 0. The van der Waals surface area contributed by atoms with Gasteiger partial charge in [-0.05, 0) is 19.4 Å². The SMILES string of the molecule is CCCn1cc(CNCc2ccn(CC)n2)cn1.Cl. The van der Waals surface area contributed by atoms with Crippen molar-refractivity contribution in [2.24, 2.45) is 0 Å². The average molecular weight is 284 g/mol. The molecule has 0 atom stereocenters. The lowest BCUT2D eigenvalue weighted by atomic mass is 10.3. The van der Waals surface area contributed by atoms with E-state index in [4.69, 9.17) is 0 Å². The standard InChI is InChI=1S/C13H21N5.ClH/c1-3-6-18-11-12(9-15-18)8-14-10-13-5-7-17(4-2)16-13;/h5,7,9,11,14H,3-4,6,8,10H2,1-2H3;1H. The number of hydrogen-bond donors (Lipinski definition) is 1. The van der Waals surface area contributed by atoms with Gasteiger partial charge in [-0.25, -0.2) is 0 Å². The summed E-state index contributed by atoms with van der Waals surface area (Å²) in [5, 5.41) is 12.1. The zero-order valence-corrected chi connectivity index (χ0v) is 12.4. The van der Waals surface area contributed by atoms with Crippen LogP contribution in [0.25, 0.3) is 0 Å². The summed E-state index contributed by atoms with van der Waals surface area (Å²) in [5.41, 5.74) is 2.30. The van der Waals surface area contributed by atoms with E-state index in [1.807, 2.05) is 21.8 Å². The van der Waals surface area contributed by atoms with Gasteiger partial charge in [0.05, 0.1) is 11.9 Å². The largest absolute Gasteiger partial charge is 0.307 e. The monoisotopic (exact) mass is 283 g/mol. The average Bonchev–Trinajstić information content (AvgIpc) is 2.99. The van der Waals surface area contributed by atoms with Crippen molar-refractivity contribution in [3.8, 4) is 0 Å². The van der Waals surface area contributed by atoms with Gasteiger partial charge >= 0.3 is 0 Å². The highest BCUT2D eigenvalue weighted by molar-refractivity contribution is 5.85. The van der Waals surface area contributed by atoms with Gasteiger partial charge in [-0.2, -0.15) is 10.2 Å². The van der Waals surface area contributed by atoms with Crippen LogP contribution in [0.1, 0.15) is 31.5 Å². The van der Waals surface area contributed by atoms with E-state index in [-0.39, 0.29) is 12.4 Å². The second-order valence-corrected chi connectivity index (χ2v) is 4.38. The van der Waals surface area contributed by atoms with Crippen LogP contribution in [0.3, 0.4) is 0 Å². The van der Waals surface area contributed by atoms with E-state index in [9.17, 15) is 0 Å². The second-order valence-electron chi connectivity index (χ2n) is 4.38. The molecule has 5 nitrogen and oxygen atoms in total. The first kappa shape index (κ1) is 15.7. The molecule has 0 amide bonds. The minimum atomic E-state index is 0. The Morgan fingerprint density at radius 1 is 1.21 bits per heavy atom. The van der Waals surface area contributed by atoms with Crippen molar-refractivity contribution in [3.05, 3.63) is 35.9 Å². The first-order valence-corrected chi connectivity index (χ1v) is 6.56. The Hall–Kier alpha value is -1.33. The van der Waals surface area contributed by atoms with Crippen LogP contribution in [0.2, 0.25) is 0 Å². The summed E-state index contributed by atoms with van der Waals surface area (Å²) in [7, 11) is 0. The van der Waals surface area contributed by atoms with Crippen molar-refractivity contribution < 1.29 is 0 Å². The normalized spacial score (nSPS) is 10.4. The van der Waals surface area contributed by atoms with E-state index in [1.54, 1.807) is 0 Å². The third-order valence-corrected chi connectivity index (χ3v) is 2.79. The summed E-state index contributed by atoms with van der Waals surface area (Å²) in [5.74, 6) is 0. The first-order valence-electron chi connectivity index (χ1n) is 6.56. The summed E-state index contributed by atoms with van der Waals surface area (Å²) in [6.07, 6.45) is 7.15. The fourth-order valence-corrected chi connectivity index (χ4v) is 1.86. The van der Waals surface area contributed by atoms with Crippen LogP contribution in [0.15, 0.2) is 24.7 Å². The molecule has 2 aromatic rings. The molecule has 0 aromatic carbocycles. The van der Waals surface area contributed by atoms with E-state index in [1.165, 1.54) is 5.56 Å². The predicted molar refractivity (Wildman–Crippen MR) is 78.2 cm³/mol. The number of aryl methyl sites for hydroxylation is 2. The Bertz CT molecular complexity index is 477. The molecule has 106 valence electrons. The van der Waals surface area contributed by atoms with Gasteiger partial charge in [0.1, 0.15) is 0 Å². The maximum absolute atomic E-state index is 4.43. The molecule has 6 heteroatoms. The number of rotatable bonds is 7. The topological polar surface area (TPSA) is 47.7 Å². The van der Waals surface area contributed by atoms with Gasteiger partial charge in [-0.1, -0.05) is 6.92 Å². The van der Waals surface area contributed by atoms with Crippen molar-refractivity contribution in [3.63, 3.8) is 0 Å². The third kappa shape index (κ3) is 4.69. The summed E-state index contributed by atoms with van der Waals surface area (Å²) < 4.78 is 3.93. The molecule has 0 saturated carbocycles. The fraction of sp³-hybridized carbons (Fsp3) is 0.538. The molecule has 0 aliphatic heterocycles. The Morgan fingerprint density at radius 2 is 2.05 bits per heavy atom. The number of nitrogens with one attached hydrogen (secondary N) is 1. The van der Waals surface area contributed by atoms with E-state index < -0.39 is 0 Å². The lowest BCUT2D eigenvalue weighted by molar-refractivity contribution is 0.600. The van der Waals surface area contributed by atoms with Crippen LogP contribution in [-0.2, 0) is 26.2 Å². The Kier molecular flexibility index (Phi) is 6.59. The minimum Gasteiger partial charge on any atom is -0.307 e. The maximum Gasteiger partial charge on any atom is 0.0762 e. The smallest absolute Gasteiger partial charge is 0.0762 e. The highest BCUT2D eigenvalue weighted by Crippen LogP contribution is 2.00. The van der Waals surface area contributed by atoms with Crippen LogP contribution in [0, 0.1) is 0 Å². The van der Waals surface area contributed by atoms with Crippen molar-refractivity contribution in [2.75, 3.05) is 0 Å². The predicted octanol–water partition coefficient (Wildman–Crippen LogP) is 2.22. The fourth-order valence-electron chi connectivity index (χ4n) is 1.86. The Morgan fingerprint density at radius 3 is 2.74 bits per heavy atom. The van der Waals surface area contributed by atoms with Gasteiger partial charge in [-0.3, -0.25) is 9.36 Å². The molecule has 0 unspecified atom stereocenters. The van der Waals surface area contributed by atoms with Crippen molar-refractivity contribution in [2.45, 2.75) is 46.4 Å². The molecule has 0 aliphatic rings. The third-order valence-electron chi connectivity index (χ3n) is 2.79. The summed E-state index contributed by atoms with van der Waals surface area (Å²) in [6.45, 7) is 7.79. The molecule has 0 fully saturated rings. The van der Waals surface area contributed by atoms with Crippen molar-refractivity contribution >= 4 is 12.4 Å². The molecule has 19 heavy (non-hydrogen) atoms.